The van der Waals surface area contributed by atoms with Gasteiger partial charge in [-0.2, -0.15) is 0 Å². The standard InChI is InChI=1S/C33H68O12/c1-3-4-5-6-7-8-9-10-11-35-14-15-37-18-19-39-22-23-41-26-27-43-30-31-45-33-32-44-29-28-42-25-24-40-21-20-38-17-16-36-13-12-34-2/h3-33H2,1-2H3. The molecule has 272 valence electrons. The van der Waals surface area contributed by atoms with E-state index in [9.17, 15) is 0 Å². The van der Waals surface area contributed by atoms with Gasteiger partial charge in [-0.3, -0.25) is 0 Å². The van der Waals surface area contributed by atoms with Gasteiger partial charge < -0.3 is 56.8 Å². The van der Waals surface area contributed by atoms with Crippen molar-refractivity contribution < 1.29 is 56.8 Å². The summed E-state index contributed by atoms with van der Waals surface area (Å²) in [5, 5.41) is 0. The van der Waals surface area contributed by atoms with E-state index in [0.29, 0.717) is 145 Å². The molecule has 0 aromatic rings. The highest BCUT2D eigenvalue weighted by Gasteiger charge is 1.97. The van der Waals surface area contributed by atoms with Crippen molar-refractivity contribution in [3.8, 4) is 0 Å². The largest absolute Gasteiger partial charge is 0.382 e. The van der Waals surface area contributed by atoms with Crippen LogP contribution in [-0.4, -0.2) is 159 Å². The zero-order valence-corrected chi connectivity index (χ0v) is 28.8. The lowest BCUT2D eigenvalue weighted by atomic mass is 10.1. The SMILES string of the molecule is CCCCCCCCCCOCCOCCOCCOCCOCCOCCOCCOCCOCCOCCOCCOC. The fourth-order valence-corrected chi connectivity index (χ4v) is 3.78. The lowest BCUT2D eigenvalue weighted by Gasteiger charge is -2.09. The first kappa shape index (κ1) is 44.5. The number of hydrogen-bond donors (Lipinski definition) is 0. The summed E-state index contributed by atoms with van der Waals surface area (Å²) >= 11 is 0. The predicted molar refractivity (Wildman–Crippen MR) is 173 cm³/mol. The Balaban J connectivity index is 3.03. The van der Waals surface area contributed by atoms with Crippen LogP contribution in [0.25, 0.3) is 0 Å². The maximum absolute atomic E-state index is 5.62. The monoisotopic (exact) mass is 656 g/mol. The second kappa shape index (κ2) is 43.5. The minimum atomic E-state index is 0.521. The van der Waals surface area contributed by atoms with E-state index < -0.39 is 0 Å². The minimum Gasteiger partial charge on any atom is -0.382 e. The zero-order valence-electron chi connectivity index (χ0n) is 28.8. The molecule has 0 aliphatic rings. The molecule has 0 radical (unpaired) electrons. The summed E-state index contributed by atoms with van der Waals surface area (Å²) in [4.78, 5) is 0. The topological polar surface area (TPSA) is 111 Å². The molecular formula is C33H68O12. The van der Waals surface area contributed by atoms with Gasteiger partial charge in [0.05, 0.1) is 145 Å². The van der Waals surface area contributed by atoms with Crippen molar-refractivity contribution in [2.24, 2.45) is 0 Å². The predicted octanol–water partition coefficient (Wildman–Crippen LogP) is 3.96. The Kier molecular flexibility index (Phi) is 43.1. The van der Waals surface area contributed by atoms with E-state index in [2.05, 4.69) is 6.92 Å². The molecule has 0 aromatic heterocycles. The van der Waals surface area contributed by atoms with Crippen LogP contribution in [0.3, 0.4) is 0 Å². The number of methoxy groups -OCH3 is 1. The molecule has 0 fully saturated rings. The summed E-state index contributed by atoms with van der Waals surface area (Å²) in [6.45, 7) is 15.2. The Bertz CT molecular complexity index is 462. The number of ether oxygens (including phenoxy) is 12. The van der Waals surface area contributed by atoms with Gasteiger partial charge in [-0.1, -0.05) is 51.9 Å². The average Bonchev–Trinajstić information content (AvgIpc) is 3.05. The molecule has 12 nitrogen and oxygen atoms in total. The average molecular weight is 657 g/mol. The van der Waals surface area contributed by atoms with Gasteiger partial charge in [0.25, 0.3) is 0 Å². The molecule has 0 saturated heterocycles. The Morgan fingerprint density at radius 2 is 0.422 bits per heavy atom. The van der Waals surface area contributed by atoms with E-state index >= 15 is 0 Å². The smallest absolute Gasteiger partial charge is 0.0701 e. The highest BCUT2D eigenvalue weighted by Crippen LogP contribution is 2.08. The molecule has 45 heavy (non-hydrogen) atoms. The van der Waals surface area contributed by atoms with Crippen LogP contribution in [0, 0.1) is 0 Å². The third kappa shape index (κ3) is 43.5. The second-order valence-electron chi connectivity index (χ2n) is 10.2. The first-order chi connectivity index (χ1) is 22.4. The van der Waals surface area contributed by atoms with Gasteiger partial charge in [0.15, 0.2) is 0 Å². The van der Waals surface area contributed by atoms with Gasteiger partial charge in [-0.15, -0.1) is 0 Å². The number of unbranched alkanes of at least 4 members (excludes halogenated alkanes) is 7. The summed E-state index contributed by atoms with van der Waals surface area (Å²) < 4.78 is 65.1. The molecule has 12 heteroatoms. The molecule has 0 N–H and O–H groups in total. The molecular weight excluding hydrogens is 588 g/mol. The molecule has 0 amide bonds. The van der Waals surface area contributed by atoms with E-state index in [1.807, 2.05) is 0 Å². The summed E-state index contributed by atoms with van der Waals surface area (Å²) in [6.07, 6.45) is 10.5. The number of rotatable bonds is 42. The fraction of sp³-hybridized carbons (Fsp3) is 1.00. The number of hydrogen-bond acceptors (Lipinski definition) is 12. The second-order valence-corrected chi connectivity index (χ2v) is 10.2. The van der Waals surface area contributed by atoms with Gasteiger partial charge >= 0.3 is 0 Å². The first-order valence-electron chi connectivity index (χ1n) is 17.3. The van der Waals surface area contributed by atoms with Gasteiger partial charge in [0.2, 0.25) is 0 Å². The van der Waals surface area contributed by atoms with Crippen LogP contribution < -0.4 is 0 Å². The van der Waals surface area contributed by atoms with E-state index in [0.717, 1.165) is 13.0 Å². The quantitative estimate of drug-likeness (QED) is 0.0888. The van der Waals surface area contributed by atoms with E-state index in [-0.39, 0.29) is 0 Å². The maximum Gasteiger partial charge on any atom is 0.0701 e. The van der Waals surface area contributed by atoms with Crippen LogP contribution in [0.1, 0.15) is 58.3 Å². The molecule has 0 spiro atoms. The van der Waals surface area contributed by atoms with Gasteiger partial charge in [0.1, 0.15) is 0 Å². The molecule has 0 atom stereocenters. The van der Waals surface area contributed by atoms with Gasteiger partial charge in [-0.05, 0) is 6.42 Å². The summed E-state index contributed by atoms with van der Waals surface area (Å²) in [7, 11) is 1.65. The van der Waals surface area contributed by atoms with Crippen LogP contribution in [0.2, 0.25) is 0 Å². The van der Waals surface area contributed by atoms with Crippen molar-refractivity contribution in [2.45, 2.75) is 58.3 Å². The molecule has 0 bridgehead atoms. The van der Waals surface area contributed by atoms with Crippen molar-refractivity contribution in [3.05, 3.63) is 0 Å². The zero-order chi connectivity index (χ0) is 32.4. The van der Waals surface area contributed by atoms with Crippen LogP contribution in [0.4, 0.5) is 0 Å². The van der Waals surface area contributed by atoms with Crippen molar-refractivity contribution in [2.75, 3.05) is 159 Å². The van der Waals surface area contributed by atoms with E-state index in [1.165, 1.54) is 44.9 Å². The van der Waals surface area contributed by atoms with Gasteiger partial charge in [0, 0.05) is 13.7 Å². The lowest BCUT2D eigenvalue weighted by molar-refractivity contribution is -0.0280. The van der Waals surface area contributed by atoms with Crippen LogP contribution >= 0.6 is 0 Å². The van der Waals surface area contributed by atoms with E-state index in [4.69, 9.17) is 56.8 Å². The third-order valence-corrected chi connectivity index (χ3v) is 6.29. The molecule has 0 heterocycles. The molecule has 0 saturated carbocycles. The highest BCUT2D eigenvalue weighted by molar-refractivity contribution is 4.46. The fourth-order valence-electron chi connectivity index (χ4n) is 3.78. The molecule has 0 aliphatic carbocycles. The summed E-state index contributed by atoms with van der Waals surface area (Å²) in [5.41, 5.74) is 0. The van der Waals surface area contributed by atoms with Crippen LogP contribution in [-0.2, 0) is 56.8 Å². The Hall–Kier alpha value is -0.480. The third-order valence-electron chi connectivity index (χ3n) is 6.29. The highest BCUT2D eigenvalue weighted by atomic mass is 16.6. The van der Waals surface area contributed by atoms with Crippen molar-refractivity contribution in [1.82, 2.24) is 0 Å². The van der Waals surface area contributed by atoms with Crippen molar-refractivity contribution in [3.63, 3.8) is 0 Å². The summed E-state index contributed by atoms with van der Waals surface area (Å²) in [6, 6.07) is 0. The minimum absolute atomic E-state index is 0.521. The van der Waals surface area contributed by atoms with Gasteiger partial charge in [-0.25, -0.2) is 0 Å². The Morgan fingerprint density at radius 1 is 0.222 bits per heavy atom. The van der Waals surface area contributed by atoms with Crippen molar-refractivity contribution in [1.29, 1.82) is 0 Å². The molecule has 0 unspecified atom stereocenters. The van der Waals surface area contributed by atoms with E-state index in [1.54, 1.807) is 7.11 Å². The molecule has 0 aromatic carbocycles. The molecule has 0 aliphatic heterocycles. The van der Waals surface area contributed by atoms with Crippen LogP contribution in [0.5, 0.6) is 0 Å². The Labute approximate surface area is 274 Å². The Morgan fingerprint density at radius 3 is 0.667 bits per heavy atom. The lowest BCUT2D eigenvalue weighted by Crippen LogP contribution is -2.15. The van der Waals surface area contributed by atoms with Crippen LogP contribution in [0.15, 0.2) is 0 Å². The normalized spacial score (nSPS) is 11.6. The molecule has 0 rings (SSSR count). The first-order valence-corrected chi connectivity index (χ1v) is 17.3. The maximum atomic E-state index is 5.62. The van der Waals surface area contributed by atoms with Crippen molar-refractivity contribution >= 4 is 0 Å². The summed E-state index contributed by atoms with van der Waals surface area (Å²) in [5.74, 6) is 0.